The van der Waals surface area contributed by atoms with Gasteiger partial charge in [-0.3, -0.25) is 4.79 Å². The first-order chi connectivity index (χ1) is 15.0. The van der Waals surface area contributed by atoms with Crippen LogP contribution < -0.4 is 5.32 Å². The van der Waals surface area contributed by atoms with Crippen LogP contribution in [0.25, 0.3) is 0 Å². The van der Waals surface area contributed by atoms with E-state index in [1.165, 1.54) is 22.5 Å². The molecule has 0 saturated carbocycles. The minimum absolute atomic E-state index is 0.0924. The third-order valence-electron chi connectivity index (χ3n) is 5.53. The predicted molar refractivity (Wildman–Crippen MR) is 119 cm³/mol. The Morgan fingerprint density at radius 3 is 2.32 bits per heavy atom. The number of nitrogens with zero attached hydrogens (tertiary/aromatic N) is 1. The molecule has 31 heavy (non-hydrogen) atoms. The summed E-state index contributed by atoms with van der Waals surface area (Å²) in [6, 6.07) is 18.9. The van der Waals surface area contributed by atoms with Gasteiger partial charge in [0.2, 0.25) is 15.9 Å². The van der Waals surface area contributed by atoms with Gasteiger partial charge >= 0.3 is 0 Å². The van der Waals surface area contributed by atoms with Crippen molar-refractivity contribution in [2.75, 3.05) is 13.1 Å². The molecule has 8 heteroatoms. The molecule has 1 amide bonds. The average molecular weight is 459 g/mol. The fourth-order valence-electron chi connectivity index (χ4n) is 3.83. The van der Waals surface area contributed by atoms with E-state index >= 15 is 0 Å². The number of rotatable bonds is 6. The summed E-state index contributed by atoms with van der Waals surface area (Å²) in [5.41, 5.74) is 0.998. The summed E-state index contributed by atoms with van der Waals surface area (Å²) < 4.78 is 40.9. The summed E-state index contributed by atoms with van der Waals surface area (Å²) >= 11 is 1.58. The molecule has 162 valence electrons. The second kappa shape index (κ2) is 9.30. The number of thiophene rings is 1. The molecule has 0 spiro atoms. The van der Waals surface area contributed by atoms with Crippen LogP contribution in [0.1, 0.15) is 29.3 Å². The zero-order chi connectivity index (χ0) is 21.8. The number of benzene rings is 2. The largest absolute Gasteiger partial charge is 0.344 e. The number of hydrogen-bond acceptors (Lipinski definition) is 4. The lowest BCUT2D eigenvalue weighted by Gasteiger charge is -2.31. The first kappa shape index (κ1) is 21.7. The minimum Gasteiger partial charge on any atom is -0.344 e. The standard InChI is InChI=1S/C23H23FN2O3S2/c24-19-9-4-5-11-21(19)31(28,29)26-14-12-18(13-15-26)23(27)25-22(20-10-6-16-30-20)17-7-2-1-3-8-17/h1-11,16,18,22H,12-15H2,(H,25,27)/t22-/m0/s1. The molecule has 0 aliphatic carbocycles. The van der Waals surface area contributed by atoms with Crippen molar-refractivity contribution in [3.8, 4) is 0 Å². The van der Waals surface area contributed by atoms with Crippen molar-refractivity contribution in [3.63, 3.8) is 0 Å². The maximum atomic E-state index is 14.0. The lowest BCUT2D eigenvalue weighted by atomic mass is 9.96. The zero-order valence-corrected chi connectivity index (χ0v) is 18.4. The number of hydrogen-bond donors (Lipinski definition) is 1. The number of piperidine rings is 1. The van der Waals surface area contributed by atoms with Crippen LogP contribution in [0, 0.1) is 11.7 Å². The van der Waals surface area contributed by atoms with Gasteiger partial charge in [-0.1, -0.05) is 48.5 Å². The lowest BCUT2D eigenvalue weighted by Crippen LogP contribution is -2.43. The van der Waals surface area contributed by atoms with Gasteiger partial charge in [-0.2, -0.15) is 4.31 Å². The fraction of sp³-hybridized carbons (Fsp3) is 0.261. The van der Waals surface area contributed by atoms with E-state index in [1.807, 2.05) is 47.8 Å². The zero-order valence-electron chi connectivity index (χ0n) is 16.8. The second-order valence-corrected chi connectivity index (χ2v) is 10.4. The molecule has 1 aliphatic rings. The van der Waals surface area contributed by atoms with Gasteiger partial charge in [0.05, 0.1) is 6.04 Å². The first-order valence-corrected chi connectivity index (χ1v) is 12.4. The number of carbonyl (C=O) groups is 1. The third-order valence-corrected chi connectivity index (χ3v) is 8.40. The summed E-state index contributed by atoms with van der Waals surface area (Å²) in [6.07, 6.45) is 0.789. The maximum Gasteiger partial charge on any atom is 0.245 e. The average Bonchev–Trinajstić information content (AvgIpc) is 3.33. The molecule has 3 aromatic rings. The number of halogens is 1. The molecule has 1 atom stereocenters. The van der Waals surface area contributed by atoms with Crippen LogP contribution in [0.5, 0.6) is 0 Å². The smallest absolute Gasteiger partial charge is 0.245 e. The van der Waals surface area contributed by atoms with Crippen LogP contribution in [0.4, 0.5) is 4.39 Å². The molecule has 1 aromatic heterocycles. The van der Waals surface area contributed by atoms with Gasteiger partial charge in [0.25, 0.3) is 0 Å². The van der Waals surface area contributed by atoms with Crippen LogP contribution in [0.3, 0.4) is 0 Å². The highest BCUT2D eigenvalue weighted by Gasteiger charge is 2.34. The Labute approximate surface area is 185 Å². The molecule has 2 aromatic carbocycles. The lowest BCUT2D eigenvalue weighted by molar-refractivity contribution is -0.126. The van der Waals surface area contributed by atoms with Crippen molar-refractivity contribution in [3.05, 3.63) is 88.4 Å². The van der Waals surface area contributed by atoms with Gasteiger partial charge in [-0.15, -0.1) is 11.3 Å². The van der Waals surface area contributed by atoms with Crippen LogP contribution in [0.15, 0.2) is 77.0 Å². The normalized spacial score (nSPS) is 16.7. The van der Waals surface area contributed by atoms with Crippen LogP contribution in [-0.2, 0) is 14.8 Å². The van der Waals surface area contributed by atoms with Crippen molar-refractivity contribution < 1.29 is 17.6 Å². The summed E-state index contributed by atoms with van der Waals surface area (Å²) in [5.74, 6) is -1.15. The van der Waals surface area contributed by atoms with Crippen molar-refractivity contribution in [2.24, 2.45) is 5.92 Å². The molecule has 0 unspecified atom stereocenters. The van der Waals surface area contributed by atoms with E-state index in [1.54, 1.807) is 11.3 Å². The molecule has 1 N–H and O–H groups in total. The van der Waals surface area contributed by atoms with Gasteiger partial charge in [-0.05, 0) is 42.0 Å². The molecule has 5 nitrogen and oxygen atoms in total. The third kappa shape index (κ3) is 4.71. The van der Waals surface area contributed by atoms with Crippen molar-refractivity contribution >= 4 is 27.3 Å². The minimum atomic E-state index is -3.92. The molecule has 1 saturated heterocycles. The topological polar surface area (TPSA) is 66.5 Å². The summed E-state index contributed by atoms with van der Waals surface area (Å²) in [4.78, 5) is 13.7. The summed E-state index contributed by atoms with van der Waals surface area (Å²) in [7, 11) is -3.92. The monoisotopic (exact) mass is 458 g/mol. The Bertz CT molecular complexity index is 1130. The Balaban J connectivity index is 1.44. The van der Waals surface area contributed by atoms with E-state index in [9.17, 15) is 17.6 Å². The molecule has 4 rings (SSSR count). The SMILES string of the molecule is O=C(N[C@@H](c1ccccc1)c1cccs1)C1CCN(S(=O)(=O)c2ccccc2F)CC1. The van der Waals surface area contributed by atoms with Gasteiger partial charge in [-0.25, -0.2) is 12.8 Å². The molecule has 1 aliphatic heterocycles. The highest BCUT2D eigenvalue weighted by molar-refractivity contribution is 7.89. The molecule has 1 fully saturated rings. The number of amides is 1. The molecule has 0 radical (unpaired) electrons. The second-order valence-electron chi connectivity index (χ2n) is 7.48. The molecule has 0 bridgehead atoms. The van der Waals surface area contributed by atoms with Crippen LogP contribution in [-0.4, -0.2) is 31.7 Å². The maximum absolute atomic E-state index is 14.0. The van der Waals surface area contributed by atoms with Gasteiger partial charge < -0.3 is 5.32 Å². The van der Waals surface area contributed by atoms with Gasteiger partial charge in [0, 0.05) is 23.9 Å². The summed E-state index contributed by atoms with van der Waals surface area (Å²) in [6.45, 7) is 0.369. The van der Waals surface area contributed by atoms with E-state index in [4.69, 9.17) is 0 Å². The van der Waals surface area contributed by atoms with E-state index in [-0.39, 0.29) is 35.9 Å². The van der Waals surface area contributed by atoms with E-state index in [0.29, 0.717) is 12.8 Å². The summed E-state index contributed by atoms with van der Waals surface area (Å²) in [5, 5.41) is 5.12. The Morgan fingerprint density at radius 2 is 1.68 bits per heavy atom. The van der Waals surface area contributed by atoms with E-state index in [0.717, 1.165) is 16.5 Å². The van der Waals surface area contributed by atoms with Crippen molar-refractivity contribution in [2.45, 2.75) is 23.8 Å². The molecule has 2 heterocycles. The van der Waals surface area contributed by atoms with Crippen LogP contribution >= 0.6 is 11.3 Å². The highest BCUT2D eigenvalue weighted by atomic mass is 32.2. The molecular weight excluding hydrogens is 435 g/mol. The van der Waals surface area contributed by atoms with E-state index in [2.05, 4.69) is 5.32 Å². The van der Waals surface area contributed by atoms with Crippen LogP contribution in [0.2, 0.25) is 0 Å². The van der Waals surface area contributed by atoms with Gasteiger partial charge in [0.15, 0.2) is 0 Å². The highest BCUT2D eigenvalue weighted by Crippen LogP contribution is 2.29. The first-order valence-electron chi connectivity index (χ1n) is 10.1. The number of nitrogens with one attached hydrogen (secondary N) is 1. The fourth-order valence-corrected chi connectivity index (χ4v) is 6.17. The van der Waals surface area contributed by atoms with Crippen molar-refractivity contribution in [1.82, 2.24) is 9.62 Å². The van der Waals surface area contributed by atoms with E-state index < -0.39 is 15.8 Å². The quantitative estimate of drug-likeness (QED) is 0.602. The number of sulfonamides is 1. The number of carbonyl (C=O) groups excluding carboxylic acids is 1. The Hall–Kier alpha value is -2.55. The molecular formula is C23H23FN2O3S2. The predicted octanol–water partition coefficient (Wildman–Crippen LogP) is 4.19. The Morgan fingerprint density at radius 1 is 1.00 bits per heavy atom. The van der Waals surface area contributed by atoms with Crippen molar-refractivity contribution in [1.29, 1.82) is 0 Å². The van der Waals surface area contributed by atoms with Gasteiger partial charge in [0.1, 0.15) is 10.7 Å². The Kier molecular flexibility index (Phi) is 6.50.